The molecule has 17 heavy (non-hydrogen) atoms. The largest absolute Gasteiger partial charge is 0.495 e. The van der Waals surface area contributed by atoms with Gasteiger partial charge < -0.3 is 14.5 Å². The molecule has 0 radical (unpaired) electrons. The Bertz CT molecular complexity index is 494. The van der Waals surface area contributed by atoms with Gasteiger partial charge in [-0.15, -0.1) is 0 Å². The number of benzene rings is 1. The van der Waals surface area contributed by atoms with Crippen molar-refractivity contribution in [2.75, 3.05) is 12.4 Å². The van der Waals surface area contributed by atoms with Gasteiger partial charge in [0, 0.05) is 11.1 Å². The highest BCUT2D eigenvalue weighted by atomic mass is 35.5. The van der Waals surface area contributed by atoms with Gasteiger partial charge in [0.25, 0.3) is 0 Å². The van der Waals surface area contributed by atoms with Crippen molar-refractivity contribution < 1.29 is 9.15 Å². The molecular formula is C13H14ClNO2. The fourth-order valence-electron chi connectivity index (χ4n) is 1.57. The van der Waals surface area contributed by atoms with Crippen LogP contribution in [0.3, 0.4) is 0 Å². The number of rotatable bonds is 4. The highest BCUT2D eigenvalue weighted by Gasteiger charge is 2.07. The fourth-order valence-corrected chi connectivity index (χ4v) is 1.72. The normalized spacial score (nSPS) is 10.3. The first-order valence-corrected chi connectivity index (χ1v) is 5.69. The summed E-state index contributed by atoms with van der Waals surface area (Å²) in [5.41, 5.74) is 1.92. The van der Waals surface area contributed by atoms with Gasteiger partial charge in [-0.2, -0.15) is 0 Å². The third-order valence-corrected chi connectivity index (χ3v) is 2.92. The standard InChI is InChI=1S/C13H14ClNO2/c1-9-6-12(13(16-2)7-11(9)14)15-8-10-4-3-5-17-10/h3-7,15H,8H2,1-2H3. The van der Waals surface area contributed by atoms with E-state index in [4.69, 9.17) is 20.8 Å². The predicted octanol–water partition coefficient (Wildman–Crippen LogP) is 3.86. The molecule has 90 valence electrons. The maximum absolute atomic E-state index is 6.04. The van der Waals surface area contributed by atoms with Crippen LogP contribution < -0.4 is 10.1 Å². The zero-order chi connectivity index (χ0) is 12.3. The number of methoxy groups -OCH3 is 1. The van der Waals surface area contributed by atoms with Gasteiger partial charge in [0.05, 0.1) is 25.6 Å². The molecule has 3 nitrogen and oxygen atoms in total. The molecule has 1 aromatic heterocycles. The van der Waals surface area contributed by atoms with Crippen molar-refractivity contribution in [1.29, 1.82) is 0 Å². The number of nitrogens with one attached hydrogen (secondary N) is 1. The molecular weight excluding hydrogens is 238 g/mol. The second-order valence-corrected chi connectivity index (χ2v) is 4.14. The Morgan fingerprint density at radius 1 is 1.41 bits per heavy atom. The summed E-state index contributed by atoms with van der Waals surface area (Å²) >= 11 is 6.04. The Morgan fingerprint density at radius 3 is 2.88 bits per heavy atom. The molecule has 0 amide bonds. The van der Waals surface area contributed by atoms with E-state index in [1.54, 1.807) is 19.4 Å². The van der Waals surface area contributed by atoms with Crippen LogP contribution in [-0.4, -0.2) is 7.11 Å². The molecule has 0 bridgehead atoms. The van der Waals surface area contributed by atoms with E-state index < -0.39 is 0 Å². The van der Waals surface area contributed by atoms with Crippen LogP contribution in [0.25, 0.3) is 0 Å². The van der Waals surface area contributed by atoms with E-state index in [0.717, 1.165) is 22.8 Å². The number of furan rings is 1. The zero-order valence-electron chi connectivity index (χ0n) is 9.79. The number of ether oxygens (including phenoxy) is 1. The van der Waals surface area contributed by atoms with Crippen LogP contribution in [0, 0.1) is 6.92 Å². The first kappa shape index (κ1) is 11.9. The van der Waals surface area contributed by atoms with Crippen LogP contribution in [-0.2, 0) is 6.54 Å². The maximum Gasteiger partial charge on any atom is 0.143 e. The first-order valence-electron chi connectivity index (χ1n) is 5.31. The number of aryl methyl sites for hydroxylation is 1. The summed E-state index contributed by atoms with van der Waals surface area (Å²) in [6.07, 6.45) is 1.65. The minimum Gasteiger partial charge on any atom is -0.495 e. The minimum atomic E-state index is 0.616. The lowest BCUT2D eigenvalue weighted by Crippen LogP contribution is -2.01. The molecule has 2 aromatic rings. The summed E-state index contributed by atoms with van der Waals surface area (Å²) in [7, 11) is 1.62. The van der Waals surface area contributed by atoms with Crippen LogP contribution in [0.2, 0.25) is 5.02 Å². The van der Waals surface area contributed by atoms with Crippen molar-refractivity contribution >= 4 is 17.3 Å². The average Bonchev–Trinajstić information content (AvgIpc) is 2.83. The first-order chi connectivity index (χ1) is 8.20. The van der Waals surface area contributed by atoms with Crippen molar-refractivity contribution in [2.45, 2.75) is 13.5 Å². The lowest BCUT2D eigenvalue weighted by molar-refractivity contribution is 0.416. The minimum absolute atomic E-state index is 0.616. The van der Waals surface area contributed by atoms with Gasteiger partial charge in [-0.3, -0.25) is 0 Å². The molecule has 0 saturated heterocycles. The second-order valence-electron chi connectivity index (χ2n) is 3.73. The molecule has 1 N–H and O–H groups in total. The Kier molecular flexibility index (Phi) is 3.59. The van der Waals surface area contributed by atoms with Crippen molar-refractivity contribution in [3.05, 3.63) is 46.9 Å². The third-order valence-electron chi connectivity index (χ3n) is 2.51. The summed E-state index contributed by atoms with van der Waals surface area (Å²) < 4.78 is 10.5. The highest BCUT2D eigenvalue weighted by molar-refractivity contribution is 6.31. The van der Waals surface area contributed by atoms with E-state index in [2.05, 4.69) is 5.32 Å². The summed E-state index contributed by atoms with van der Waals surface area (Å²) in [5, 5.41) is 3.96. The molecule has 0 aliphatic carbocycles. The van der Waals surface area contributed by atoms with Crippen molar-refractivity contribution in [1.82, 2.24) is 0 Å². The predicted molar refractivity (Wildman–Crippen MR) is 68.8 cm³/mol. The SMILES string of the molecule is COc1cc(Cl)c(C)cc1NCc1ccco1. The number of hydrogen-bond acceptors (Lipinski definition) is 3. The van der Waals surface area contributed by atoms with E-state index in [-0.39, 0.29) is 0 Å². The molecule has 0 aliphatic rings. The average molecular weight is 252 g/mol. The van der Waals surface area contributed by atoms with Gasteiger partial charge in [0.2, 0.25) is 0 Å². The van der Waals surface area contributed by atoms with Gasteiger partial charge in [-0.05, 0) is 30.7 Å². The topological polar surface area (TPSA) is 34.4 Å². The van der Waals surface area contributed by atoms with E-state index >= 15 is 0 Å². The molecule has 0 atom stereocenters. The van der Waals surface area contributed by atoms with Crippen LogP contribution in [0.4, 0.5) is 5.69 Å². The van der Waals surface area contributed by atoms with Gasteiger partial charge in [0.15, 0.2) is 0 Å². The molecule has 0 unspecified atom stereocenters. The van der Waals surface area contributed by atoms with Crippen molar-refractivity contribution in [3.63, 3.8) is 0 Å². The summed E-state index contributed by atoms with van der Waals surface area (Å²) in [5.74, 6) is 1.60. The smallest absolute Gasteiger partial charge is 0.143 e. The van der Waals surface area contributed by atoms with Crippen molar-refractivity contribution in [2.24, 2.45) is 0 Å². The Hall–Kier alpha value is -1.61. The van der Waals surface area contributed by atoms with Gasteiger partial charge >= 0.3 is 0 Å². The van der Waals surface area contributed by atoms with Crippen molar-refractivity contribution in [3.8, 4) is 5.75 Å². The molecule has 1 heterocycles. The van der Waals surface area contributed by atoms with Crippen LogP contribution in [0.1, 0.15) is 11.3 Å². The quantitative estimate of drug-likeness (QED) is 0.896. The summed E-state index contributed by atoms with van der Waals surface area (Å²) in [6.45, 7) is 2.57. The van der Waals surface area contributed by atoms with Gasteiger partial charge in [0.1, 0.15) is 11.5 Å². The number of halogens is 1. The molecule has 0 aliphatic heterocycles. The Morgan fingerprint density at radius 2 is 2.24 bits per heavy atom. The number of anilines is 1. The second kappa shape index (κ2) is 5.15. The zero-order valence-corrected chi connectivity index (χ0v) is 10.5. The van der Waals surface area contributed by atoms with E-state index in [9.17, 15) is 0 Å². The van der Waals surface area contributed by atoms with E-state index in [1.807, 2.05) is 25.1 Å². The third kappa shape index (κ3) is 2.74. The summed E-state index contributed by atoms with van der Waals surface area (Å²) in [6, 6.07) is 7.55. The lowest BCUT2D eigenvalue weighted by atomic mass is 10.2. The Labute approximate surface area is 105 Å². The van der Waals surface area contributed by atoms with Crippen LogP contribution >= 0.6 is 11.6 Å². The molecule has 1 aromatic carbocycles. The molecule has 2 rings (SSSR count). The van der Waals surface area contributed by atoms with Crippen LogP contribution in [0.15, 0.2) is 34.9 Å². The van der Waals surface area contributed by atoms with E-state index in [0.29, 0.717) is 11.6 Å². The van der Waals surface area contributed by atoms with Crippen LogP contribution in [0.5, 0.6) is 5.75 Å². The molecule has 0 spiro atoms. The maximum atomic E-state index is 6.04. The fraction of sp³-hybridized carbons (Fsp3) is 0.231. The Balaban J connectivity index is 2.17. The molecule has 4 heteroatoms. The van der Waals surface area contributed by atoms with E-state index in [1.165, 1.54) is 0 Å². The van der Waals surface area contributed by atoms with Gasteiger partial charge in [-0.1, -0.05) is 11.6 Å². The monoisotopic (exact) mass is 251 g/mol. The molecule has 0 saturated carbocycles. The molecule has 0 fully saturated rings. The highest BCUT2D eigenvalue weighted by Crippen LogP contribution is 2.31. The summed E-state index contributed by atoms with van der Waals surface area (Å²) in [4.78, 5) is 0. The van der Waals surface area contributed by atoms with Gasteiger partial charge in [-0.25, -0.2) is 0 Å². The number of hydrogen-bond donors (Lipinski definition) is 1. The lowest BCUT2D eigenvalue weighted by Gasteiger charge is -2.12.